The number of benzene rings is 2. The minimum absolute atomic E-state index is 0.0785. The summed E-state index contributed by atoms with van der Waals surface area (Å²) in [4.78, 5) is 2.32. The Bertz CT molecular complexity index is 831. The average molecular weight is 327 g/mol. The van der Waals surface area contributed by atoms with Crippen molar-refractivity contribution in [3.8, 4) is 34.1 Å². The summed E-state index contributed by atoms with van der Waals surface area (Å²) in [6.45, 7) is 0.968. The number of aromatic hydroxyl groups is 2. The summed E-state index contributed by atoms with van der Waals surface area (Å²) in [5.74, 6) is 1.16. The molecule has 2 aromatic rings. The van der Waals surface area contributed by atoms with Gasteiger partial charge < -0.3 is 19.7 Å². The number of hydrogen-bond acceptors (Lipinski definition) is 5. The zero-order valence-corrected chi connectivity index (χ0v) is 14.1. The highest BCUT2D eigenvalue weighted by Gasteiger charge is 2.36. The van der Waals surface area contributed by atoms with Crippen LogP contribution in [0.25, 0.3) is 11.1 Å². The normalized spacial score (nSPS) is 18.7. The quantitative estimate of drug-likeness (QED) is 0.888. The van der Waals surface area contributed by atoms with E-state index in [1.165, 1.54) is 5.56 Å². The Hall–Kier alpha value is -2.40. The number of phenolic OH excluding ortho intramolecular Hbond substituents is 2. The number of phenols is 2. The fourth-order valence-electron chi connectivity index (χ4n) is 4.05. The second-order valence-corrected chi connectivity index (χ2v) is 6.51. The Kier molecular flexibility index (Phi) is 3.35. The van der Waals surface area contributed by atoms with Crippen molar-refractivity contribution in [1.82, 2.24) is 4.90 Å². The molecule has 5 nitrogen and oxygen atoms in total. The summed E-state index contributed by atoms with van der Waals surface area (Å²) in [5, 5.41) is 21.0. The summed E-state index contributed by atoms with van der Waals surface area (Å²) >= 11 is 0. The summed E-state index contributed by atoms with van der Waals surface area (Å²) < 4.78 is 10.6. The molecule has 0 aromatic heterocycles. The first-order valence-corrected chi connectivity index (χ1v) is 8.08. The molecule has 2 aromatic carbocycles. The first-order valence-electron chi connectivity index (χ1n) is 8.08. The van der Waals surface area contributed by atoms with Gasteiger partial charge in [0.2, 0.25) is 0 Å². The number of hydrogen-bond donors (Lipinski definition) is 2. The van der Waals surface area contributed by atoms with Crippen LogP contribution in [0.1, 0.15) is 22.7 Å². The van der Waals surface area contributed by atoms with Crippen LogP contribution in [0.3, 0.4) is 0 Å². The summed E-state index contributed by atoms with van der Waals surface area (Å²) in [7, 11) is 5.22. The third-order valence-corrected chi connectivity index (χ3v) is 5.30. The molecule has 0 saturated carbocycles. The van der Waals surface area contributed by atoms with E-state index in [1.807, 2.05) is 12.1 Å². The van der Waals surface area contributed by atoms with Crippen molar-refractivity contribution in [2.75, 3.05) is 27.8 Å². The number of fused-ring (bicyclic) bond motifs is 2. The van der Waals surface area contributed by atoms with Gasteiger partial charge in [-0.05, 0) is 60.3 Å². The molecule has 5 heteroatoms. The molecule has 0 radical (unpaired) electrons. The fraction of sp³-hybridized carbons (Fsp3) is 0.368. The van der Waals surface area contributed by atoms with Gasteiger partial charge in [0.1, 0.15) is 0 Å². The van der Waals surface area contributed by atoms with E-state index in [-0.39, 0.29) is 17.5 Å². The first kappa shape index (κ1) is 15.1. The van der Waals surface area contributed by atoms with Gasteiger partial charge in [0.15, 0.2) is 23.0 Å². The van der Waals surface area contributed by atoms with Gasteiger partial charge in [-0.1, -0.05) is 0 Å². The maximum atomic E-state index is 10.8. The lowest BCUT2D eigenvalue weighted by atomic mass is 9.76. The molecular formula is C19H21NO4. The van der Waals surface area contributed by atoms with Crippen LogP contribution in [0.2, 0.25) is 0 Å². The van der Waals surface area contributed by atoms with Crippen LogP contribution >= 0.6 is 0 Å². The van der Waals surface area contributed by atoms with Crippen LogP contribution in [-0.4, -0.2) is 42.9 Å². The van der Waals surface area contributed by atoms with E-state index >= 15 is 0 Å². The first-order chi connectivity index (χ1) is 11.5. The number of rotatable bonds is 2. The van der Waals surface area contributed by atoms with Crippen molar-refractivity contribution in [3.63, 3.8) is 0 Å². The maximum absolute atomic E-state index is 10.8. The highest BCUT2D eigenvalue weighted by Crippen LogP contribution is 2.53. The predicted molar refractivity (Wildman–Crippen MR) is 91.1 cm³/mol. The number of ether oxygens (including phenoxy) is 2. The molecule has 1 aliphatic carbocycles. The monoisotopic (exact) mass is 327 g/mol. The van der Waals surface area contributed by atoms with Crippen molar-refractivity contribution in [3.05, 3.63) is 34.9 Å². The van der Waals surface area contributed by atoms with Gasteiger partial charge in [0, 0.05) is 18.2 Å². The molecule has 2 N–H and O–H groups in total. The molecule has 0 bridgehead atoms. The van der Waals surface area contributed by atoms with Crippen molar-refractivity contribution < 1.29 is 19.7 Å². The third kappa shape index (κ3) is 1.97. The Morgan fingerprint density at radius 3 is 2.46 bits per heavy atom. The van der Waals surface area contributed by atoms with E-state index in [1.54, 1.807) is 20.3 Å². The van der Waals surface area contributed by atoms with Gasteiger partial charge in [-0.2, -0.15) is 0 Å². The van der Waals surface area contributed by atoms with Crippen molar-refractivity contribution in [2.45, 2.75) is 18.9 Å². The number of methoxy groups -OCH3 is 2. The molecule has 0 unspecified atom stereocenters. The van der Waals surface area contributed by atoms with Crippen LogP contribution in [0.4, 0.5) is 0 Å². The van der Waals surface area contributed by atoms with Crippen LogP contribution in [0, 0.1) is 0 Å². The van der Waals surface area contributed by atoms with Gasteiger partial charge in [-0.15, -0.1) is 0 Å². The molecule has 4 rings (SSSR count). The lowest BCUT2D eigenvalue weighted by Gasteiger charge is -2.40. The average Bonchev–Trinajstić information content (AvgIpc) is 2.58. The molecule has 2 aliphatic rings. The molecule has 1 heterocycles. The summed E-state index contributed by atoms with van der Waals surface area (Å²) in [6.07, 6.45) is 1.75. The topological polar surface area (TPSA) is 62.2 Å². The van der Waals surface area contributed by atoms with Crippen molar-refractivity contribution in [2.24, 2.45) is 0 Å². The van der Waals surface area contributed by atoms with Gasteiger partial charge in [0.25, 0.3) is 0 Å². The molecule has 0 fully saturated rings. The Morgan fingerprint density at radius 1 is 1.04 bits per heavy atom. The van der Waals surface area contributed by atoms with E-state index in [0.29, 0.717) is 11.5 Å². The van der Waals surface area contributed by atoms with Crippen LogP contribution in [0.15, 0.2) is 18.2 Å². The molecule has 1 atom stereocenters. The maximum Gasteiger partial charge on any atom is 0.166 e. The summed E-state index contributed by atoms with van der Waals surface area (Å²) in [5.41, 5.74) is 5.06. The lowest BCUT2D eigenvalue weighted by Crippen LogP contribution is -2.35. The molecule has 1 aliphatic heterocycles. The fourth-order valence-corrected chi connectivity index (χ4v) is 4.05. The number of likely N-dealkylation sites (N-methyl/N-ethyl adjacent to an activating group) is 1. The Labute approximate surface area is 141 Å². The predicted octanol–water partition coefficient (Wildman–Crippen LogP) is 2.87. The standard InChI is InChI=1S/C19H21NO4/c1-20-5-4-10-7-16(24-3)19(22)18-12-9-14(21)15(23-2)8-11(12)6-13(20)17(10)18/h7-9,13,21-22H,4-6H2,1-3H3/t13-/m0/s1. The van der Waals surface area contributed by atoms with E-state index < -0.39 is 0 Å². The summed E-state index contributed by atoms with van der Waals surface area (Å²) in [6, 6.07) is 5.72. The van der Waals surface area contributed by atoms with Gasteiger partial charge in [0.05, 0.1) is 14.2 Å². The Balaban J connectivity index is 2.05. The van der Waals surface area contributed by atoms with Crippen LogP contribution in [0.5, 0.6) is 23.0 Å². The second kappa shape index (κ2) is 5.31. The van der Waals surface area contributed by atoms with Crippen molar-refractivity contribution in [1.29, 1.82) is 0 Å². The minimum atomic E-state index is 0.0785. The molecule has 0 spiro atoms. The van der Waals surface area contributed by atoms with Crippen molar-refractivity contribution >= 4 is 0 Å². The highest BCUT2D eigenvalue weighted by molar-refractivity contribution is 5.84. The zero-order valence-electron chi connectivity index (χ0n) is 14.1. The largest absolute Gasteiger partial charge is 0.504 e. The number of nitrogens with zero attached hydrogens (tertiary/aromatic N) is 1. The minimum Gasteiger partial charge on any atom is -0.504 e. The zero-order chi connectivity index (χ0) is 17.0. The van der Waals surface area contributed by atoms with Gasteiger partial charge in [-0.3, -0.25) is 4.90 Å². The molecule has 0 amide bonds. The van der Waals surface area contributed by atoms with E-state index in [9.17, 15) is 10.2 Å². The van der Waals surface area contributed by atoms with Crippen LogP contribution < -0.4 is 9.47 Å². The van der Waals surface area contributed by atoms with E-state index in [2.05, 4.69) is 11.9 Å². The third-order valence-electron chi connectivity index (χ3n) is 5.30. The molecular weight excluding hydrogens is 306 g/mol. The van der Waals surface area contributed by atoms with E-state index in [0.717, 1.165) is 41.6 Å². The smallest absolute Gasteiger partial charge is 0.166 e. The SMILES string of the molecule is COc1cc2c(cc1O)-c1c(O)c(OC)cc3c1[C@H](C2)N(C)CC3. The molecule has 126 valence electrons. The van der Waals surface area contributed by atoms with Gasteiger partial charge >= 0.3 is 0 Å². The molecule has 24 heavy (non-hydrogen) atoms. The highest BCUT2D eigenvalue weighted by atomic mass is 16.5. The Morgan fingerprint density at radius 2 is 1.75 bits per heavy atom. The van der Waals surface area contributed by atoms with E-state index in [4.69, 9.17) is 9.47 Å². The lowest BCUT2D eigenvalue weighted by molar-refractivity contribution is 0.226. The van der Waals surface area contributed by atoms with Gasteiger partial charge in [-0.25, -0.2) is 0 Å². The molecule has 0 saturated heterocycles. The van der Waals surface area contributed by atoms with Crippen LogP contribution in [-0.2, 0) is 12.8 Å². The second-order valence-electron chi connectivity index (χ2n) is 6.51.